The third-order valence-electron chi connectivity index (χ3n) is 3.25. The lowest BCUT2D eigenvalue weighted by Crippen LogP contribution is -2.31. The van der Waals surface area contributed by atoms with Gasteiger partial charge in [-0.2, -0.15) is 4.98 Å². The quantitative estimate of drug-likeness (QED) is 0.827. The maximum Gasteiger partial charge on any atom is 0.240 e. The molecule has 1 aliphatic rings. The van der Waals surface area contributed by atoms with Gasteiger partial charge in [0.2, 0.25) is 11.8 Å². The van der Waals surface area contributed by atoms with E-state index in [2.05, 4.69) is 25.0 Å². The van der Waals surface area contributed by atoms with Gasteiger partial charge in [0.1, 0.15) is 6.33 Å². The van der Waals surface area contributed by atoms with E-state index in [9.17, 15) is 0 Å². The maximum absolute atomic E-state index is 5.58. The van der Waals surface area contributed by atoms with Crippen molar-refractivity contribution in [2.45, 2.75) is 33.4 Å². The van der Waals surface area contributed by atoms with Crippen molar-refractivity contribution < 1.29 is 9.26 Å². The zero-order chi connectivity index (χ0) is 13.9. The molecule has 3 rings (SSSR count). The number of aromatic nitrogens is 4. The molecule has 7 heteroatoms. The predicted octanol–water partition coefficient (Wildman–Crippen LogP) is 1.13. The number of hydrogen-bond acceptors (Lipinski definition) is 7. The second-order valence-corrected chi connectivity index (χ2v) is 4.73. The average Bonchev–Trinajstić information content (AvgIpc) is 2.85. The highest BCUT2D eigenvalue weighted by atomic mass is 16.5. The average molecular weight is 275 g/mol. The third kappa shape index (κ3) is 2.62. The minimum atomic E-state index is 0.603. The Bertz CT molecular complexity index is 598. The summed E-state index contributed by atoms with van der Waals surface area (Å²) in [5, 5.41) is 3.81. The molecule has 0 radical (unpaired) electrons. The van der Waals surface area contributed by atoms with E-state index in [4.69, 9.17) is 9.26 Å². The molecule has 0 aromatic carbocycles. The van der Waals surface area contributed by atoms with E-state index in [0.29, 0.717) is 30.7 Å². The van der Waals surface area contributed by atoms with Gasteiger partial charge in [-0.15, -0.1) is 0 Å². The van der Waals surface area contributed by atoms with Crippen LogP contribution in [-0.2, 0) is 19.5 Å². The van der Waals surface area contributed by atoms with Crippen LogP contribution in [0.5, 0.6) is 5.88 Å². The van der Waals surface area contributed by atoms with Crippen molar-refractivity contribution in [1.29, 1.82) is 0 Å². The molecule has 0 unspecified atom stereocenters. The van der Waals surface area contributed by atoms with Gasteiger partial charge < -0.3 is 9.26 Å². The molecule has 0 N–H and O–H groups in total. The Labute approximate surface area is 117 Å². The van der Waals surface area contributed by atoms with E-state index in [1.165, 1.54) is 0 Å². The van der Waals surface area contributed by atoms with Crippen molar-refractivity contribution in [1.82, 2.24) is 25.0 Å². The molecule has 0 aliphatic carbocycles. The van der Waals surface area contributed by atoms with Crippen LogP contribution in [0.2, 0.25) is 0 Å². The van der Waals surface area contributed by atoms with Crippen molar-refractivity contribution in [3.05, 3.63) is 29.3 Å². The van der Waals surface area contributed by atoms with Gasteiger partial charge >= 0.3 is 0 Å². The number of hydrogen-bond donors (Lipinski definition) is 0. The molecule has 0 bridgehead atoms. The lowest BCUT2D eigenvalue weighted by atomic mass is 10.1. The van der Waals surface area contributed by atoms with Crippen LogP contribution in [0.4, 0.5) is 0 Å². The zero-order valence-corrected chi connectivity index (χ0v) is 11.7. The summed E-state index contributed by atoms with van der Waals surface area (Å²) < 4.78 is 10.7. The summed E-state index contributed by atoms with van der Waals surface area (Å²) >= 11 is 0. The highest BCUT2D eigenvalue weighted by molar-refractivity contribution is 5.31. The number of aryl methyl sites for hydroxylation is 1. The minimum absolute atomic E-state index is 0.603. The van der Waals surface area contributed by atoms with Gasteiger partial charge in [-0.05, 0) is 13.8 Å². The first-order valence-electron chi connectivity index (χ1n) is 6.73. The third-order valence-corrected chi connectivity index (χ3v) is 3.25. The second-order valence-electron chi connectivity index (χ2n) is 4.73. The Hall–Kier alpha value is -2.02. The lowest BCUT2D eigenvalue weighted by Gasteiger charge is -2.27. The minimum Gasteiger partial charge on any atom is -0.478 e. The fourth-order valence-electron chi connectivity index (χ4n) is 2.36. The van der Waals surface area contributed by atoms with Gasteiger partial charge in [0, 0.05) is 25.1 Å². The summed E-state index contributed by atoms with van der Waals surface area (Å²) in [6.45, 7) is 6.67. The SMILES string of the molecule is CCOc1ncnc2c1CN(Cc1nc(C)no1)CC2. The monoisotopic (exact) mass is 275 g/mol. The molecular weight excluding hydrogens is 258 g/mol. The predicted molar refractivity (Wildman–Crippen MR) is 70.1 cm³/mol. The van der Waals surface area contributed by atoms with Crippen molar-refractivity contribution in [3.8, 4) is 5.88 Å². The highest BCUT2D eigenvalue weighted by Crippen LogP contribution is 2.25. The molecule has 2 aromatic heterocycles. The Morgan fingerprint density at radius 3 is 3.05 bits per heavy atom. The van der Waals surface area contributed by atoms with Crippen LogP contribution >= 0.6 is 0 Å². The molecule has 0 saturated heterocycles. The van der Waals surface area contributed by atoms with Gasteiger partial charge in [-0.25, -0.2) is 9.97 Å². The van der Waals surface area contributed by atoms with Gasteiger partial charge in [0.25, 0.3) is 0 Å². The van der Waals surface area contributed by atoms with Crippen molar-refractivity contribution >= 4 is 0 Å². The molecule has 0 atom stereocenters. The van der Waals surface area contributed by atoms with Crippen molar-refractivity contribution in [3.63, 3.8) is 0 Å². The molecule has 3 heterocycles. The highest BCUT2D eigenvalue weighted by Gasteiger charge is 2.23. The number of ether oxygens (including phenoxy) is 1. The van der Waals surface area contributed by atoms with E-state index in [1.54, 1.807) is 6.33 Å². The van der Waals surface area contributed by atoms with Crippen LogP contribution in [0.3, 0.4) is 0 Å². The van der Waals surface area contributed by atoms with E-state index in [-0.39, 0.29) is 0 Å². The van der Waals surface area contributed by atoms with Gasteiger partial charge in [0.15, 0.2) is 5.82 Å². The summed E-state index contributed by atoms with van der Waals surface area (Å²) in [4.78, 5) is 15.0. The summed E-state index contributed by atoms with van der Waals surface area (Å²) in [5.74, 6) is 1.99. The Morgan fingerprint density at radius 1 is 1.40 bits per heavy atom. The van der Waals surface area contributed by atoms with Gasteiger partial charge in [0.05, 0.1) is 18.8 Å². The summed E-state index contributed by atoms with van der Waals surface area (Å²) in [6, 6.07) is 0. The molecule has 7 nitrogen and oxygen atoms in total. The largest absolute Gasteiger partial charge is 0.478 e. The molecule has 0 fully saturated rings. The molecule has 0 saturated carbocycles. The molecule has 2 aromatic rings. The topological polar surface area (TPSA) is 77.2 Å². The van der Waals surface area contributed by atoms with Crippen LogP contribution < -0.4 is 4.74 Å². The smallest absolute Gasteiger partial charge is 0.240 e. The normalized spacial score (nSPS) is 15.1. The van der Waals surface area contributed by atoms with Gasteiger partial charge in [-0.3, -0.25) is 4.90 Å². The molecule has 0 amide bonds. The fourth-order valence-corrected chi connectivity index (χ4v) is 2.36. The Morgan fingerprint density at radius 2 is 2.30 bits per heavy atom. The maximum atomic E-state index is 5.58. The second kappa shape index (κ2) is 5.54. The lowest BCUT2D eigenvalue weighted by molar-refractivity contribution is 0.202. The van der Waals surface area contributed by atoms with E-state index >= 15 is 0 Å². The summed E-state index contributed by atoms with van der Waals surface area (Å²) in [5.41, 5.74) is 2.14. The number of rotatable bonds is 4. The molecule has 20 heavy (non-hydrogen) atoms. The van der Waals surface area contributed by atoms with E-state index in [1.807, 2.05) is 13.8 Å². The Balaban J connectivity index is 1.76. The van der Waals surface area contributed by atoms with Crippen LogP contribution in [0.1, 0.15) is 29.9 Å². The van der Waals surface area contributed by atoms with Crippen LogP contribution in [0.15, 0.2) is 10.9 Å². The standard InChI is InChI=1S/C13H17N5O2/c1-3-19-13-10-6-18(5-4-11(10)14-8-15-13)7-12-16-9(2)17-20-12/h8H,3-7H2,1-2H3. The molecular formula is C13H17N5O2. The van der Waals surface area contributed by atoms with Crippen LogP contribution in [0, 0.1) is 6.92 Å². The first-order chi connectivity index (χ1) is 9.76. The zero-order valence-electron chi connectivity index (χ0n) is 11.7. The molecule has 1 aliphatic heterocycles. The van der Waals surface area contributed by atoms with Crippen molar-refractivity contribution in [2.24, 2.45) is 0 Å². The molecule has 106 valence electrons. The number of nitrogens with zero attached hydrogens (tertiary/aromatic N) is 5. The fraction of sp³-hybridized carbons (Fsp3) is 0.538. The van der Waals surface area contributed by atoms with E-state index in [0.717, 1.165) is 30.8 Å². The number of fused-ring (bicyclic) bond motifs is 1. The first-order valence-corrected chi connectivity index (χ1v) is 6.73. The van der Waals surface area contributed by atoms with Crippen LogP contribution in [-0.4, -0.2) is 38.2 Å². The first kappa shape index (κ1) is 13.0. The van der Waals surface area contributed by atoms with Crippen molar-refractivity contribution in [2.75, 3.05) is 13.2 Å². The Kier molecular flexibility index (Phi) is 3.60. The summed E-state index contributed by atoms with van der Waals surface area (Å²) in [6.07, 6.45) is 2.45. The summed E-state index contributed by atoms with van der Waals surface area (Å²) in [7, 11) is 0. The van der Waals surface area contributed by atoms with E-state index < -0.39 is 0 Å². The van der Waals surface area contributed by atoms with Crippen LogP contribution in [0.25, 0.3) is 0 Å². The van der Waals surface area contributed by atoms with Gasteiger partial charge in [-0.1, -0.05) is 5.16 Å². The molecule has 0 spiro atoms.